The van der Waals surface area contributed by atoms with E-state index in [9.17, 15) is 18.8 Å². The van der Waals surface area contributed by atoms with Crippen molar-refractivity contribution in [1.82, 2.24) is 20.2 Å². The van der Waals surface area contributed by atoms with Crippen molar-refractivity contribution in [3.8, 4) is 0 Å². The Morgan fingerprint density at radius 2 is 1.65 bits per heavy atom. The summed E-state index contributed by atoms with van der Waals surface area (Å²) in [7, 11) is 1.90. The van der Waals surface area contributed by atoms with Crippen molar-refractivity contribution in [3.63, 3.8) is 0 Å². The molecule has 0 aliphatic rings. The molecule has 15 heteroatoms. The Morgan fingerprint density at radius 3 is 2.21 bits per heavy atom. The van der Waals surface area contributed by atoms with Crippen LogP contribution >= 0.6 is 48.0 Å². The fourth-order valence-electron chi connectivity index (χ4n) is 4.48. The highest BCUT2D eigenvalue weighted by atomic mass is 35.5. The van der Waals surface area contributed by atoms with Crippen LogP contribution < -0.4 is 21.3 Å². The number of carbonyl (C=O) groups excluding carboxylic acids is 3. The molecule has 1 heterocycles. The maximum absolute atomic E-state index is 13.2. The van der Waals surface area contributed by atoms with E-state index in [0.717, 1.165) is 28.5 Å². The van der Waals surface area contributed by atoms with Gasteiger partial charge in [0.15, 0.2) is 0 Å². The van der Waals surface area contributed by atoms with Gasteiger partial charge in [-0.3, -0.25) is 9.59 Å². The summed E-state index contributed by atoms with van der Waals surface area (Å²) in [4.78, 5) is 44.4. The summed E-state index contributed by atoms with van der Waals surface area (Å²) in [5, 5.41) is 5.09. The number of nitrogens with two attached hydrogens (primary N) is 1. The average Bonchev–Trinajstić information content (AvgIpc) is 3.33. The summed E-state index contributed by atoms with van der Waals surface area (Å²) in [5.41, 5.74) is 9.48. The zero-order valence-electron chi connectivity index (χ0n) is 28.1. The zero-order valence-corrected chi connectivity index (χ0v) is 31.3. The molecule has 3 aromatic rings. The second-order valence-corrected chi connectivity index (χ2v) is 12.2. The number of rotatable bonds is 16. The van der Waals surface area contributed by atoms with Crippen LogP contribution in [0.25, 0.3) is 11.0 Å². The smallest absolute Gasteiger partial charge is 0.328 e. The van der Waals surface area contributed by atoms with Crippen molar-refractivity contribution in [2.75, 3.05) is 42.9 Å². The molecule has 0 aliphatic carbocycles. The van der Waals surface area contributed by atoms with E-state index in [-0.39, 0.29) is 44.4 Å². The Bertz CT molecular complexity index is 1400. The van der Waals surface area contributed by atoms with Gasteiger partial charge in [-0.15, -0.1) is 48.0 Å². The Hall–Kier alpha value is -2.83. The molecule has 0 radical (unpaired) electrons. The lowest BCUT2D eigenvalue weighted by atomic mass is 10.1. The molecule has 0 saturated heterocycles. The predicted octanol–water partition coefficient (Wildman–Crippen LogP) is 5.17. The van der Waals surface area contributed by atoms with Gasteiger partial charge in [-0.05, 0) is 55.2 Å². The third kappa shape index (κ3) is 15.2. The number of hydrogen-bond donors (Lipinski definition) is 3. The van der Waals surface area contributed by atoms with Gasteiger partial charge in [0, 0.05) is 50.4 Å². The molecule has 0 aliphatic heterocycles. The van der Waals surface area contributed by atoms with Crippen molar-refractivity contribution in [1.29, 1.82) is 0 Å². The van der Waals surface area contributed by atoms with E-state index in [4.69, 9.17) is 38.7 Å². The molecule has 48 heavy (non-hydrogen) atoms. The van der Waals surface area contributed by atoms with Crippen LogP contribution in [0.1, 0.15) is 45.5 Å². The summed E-state index contributed by atoms with van der Waals surface area (Å²) in [6, 6.07) is 9.69. The lowest BCUT2D eigenvalue weighted by Crippen LogP contribution is -2.49. The van der Waals surface area contributed by atoms with Gasteiger partial charge in [-0.25, -0.2) is 14.2 Å². The number of anilines is 1. The number of nitrogens with zero attached hydrogens (tertiary/aromatic N) is 3. The molecular formula is C33H49Cl4FN6O4. The normalized spacial score (nSPS) is 11.7. The highest BCUT2D eigenvalue weighted by Gasteiger charge is 2.24. The largest absolute Gasteiger partial charge is 0.464 e. The summed E-state index contributed by atoms with van der Waals surface area (Å²) in [6.45, 7) is 9.24. The fourth-order valence-corrected chi connectivity index (χ4v) is 4.89. The van der Waals surface area contributed by atoms with Crippen molar-refractivity contribution in [3.05, 3.63) is 59.7 Å². The molecule has 10 nitrogen and oxygen atoms in total. The number of esters is 1. The highest BCUT2D eigenvalue weighted by Crippen LogP contribution is 2.23. The number of aromatic nitrogens is 2. The number of aryl methyl sites for hydroxylation is 2. The number of imidazole rings is 1. The quantitative estimate of drug-likeness (QED) is 0.136. The Balaban J connectivity index is 0.00000348. The molecule has 2 unspecified atom stereocenters. The van der Waals surface area contributed by atoms with Gasteiger partial charge in [-0.1, -0.05) is 32.9 Å². The predicted molar refractivity (Wildman–Crippen MR) is 197 cm³/mol. The first-order chi connectivity index (χ1) is 21.9. The number of alkyl halides is 2. The second kappa shape index (κ2) is 23.5. The van der Waals surface area contributed by atoms with E-state index in [1.807, 2.05) is 29.8 Å². The molecule has 2 atom stereocenters. The van der Waals surface area contributed by atoms with Gasteiger partial charge >= 0.3 is 5.97 Å². The number of fused-ring (bicyclic) bond motifs is 1. The lowest BCUT2D eigenvalue weighted by molar-refractivity contribution is -0.147. The molecule has 0 saturated carbocycles. The molecule has 1 aromatic heterocycles. The van der Waals surface area contributed by atoms with Gasteiger partial charge < -0.3 is 30.6 Å². The standard InChI is InChI=1S/C29H37Cl2FN6O4.C4H10.2ClH/c1-3-42-29(41)24(16-19-4-6-20(32)7-5-19)36-27(39)18-34-28(40)22(33)9-11-26-35-23-17-21(8-10-25(23)37(26)2)38(14-12-30)15-13-31;1-4(2)3;;/h4-8,10,17,22,24H,3,9,11-16,18,33H2,1-2H3,(H,34,40)(H,36,39);4H,1-3H3;2*1H. The van der Waals surface area contributed by atoms with E-state index in [2.05, 4.69) is 36.3 Å². The second-order valence-electron chi connectivity index (χ2n) is 11.4. The SMILES string of the molecule is CC(C)C.CCOC(=O)C(Cc1ccc(F)cc1)NC(=O)CNC(=O)C(N)CCc1nc2cc(N(CCCl)CCCl)ccc2n1C.Cl.Cl. The third-order valence-corrected chi connectivity index (χ3v) is 7.07. The van der Waals surface area contributed by atoms with Crippen LogP contribution in [0.5, 0.6) is 0 Å². The Kier molecular flexibility index (Phi) is 22.1. The molecule has 270 valence electrons. The number of amides is 2. The first-order valence-corrected chi connectivity index (χ1v) is 16.5. The Morgan fingerprint density at radius 1 is 1.04 bits per heavy atom. The van der Waals surface area contributed by atoms with E-state index in [1.165, 1.54) is 24.3 Å². The maximum Gasteiger partial charge on any atom is 0.328 e. The summed E-state index contributed by atoms with van der Waals surface area (Å²) >= 11 is 11.9. The first kappa shape index (κ1) is 45.2. The number of halogens is 5. The number of ether oxygens (including phenoxy) is 1. The minimum absolute atomic E-state index is 0. The Labute approximate surface area is 305 Å². The van der Waals surface area contributed by atoms with Crippen LogP contribution in [-0.4, -0.2) is 77.4 Å². The molecular weight excluding hydrogens is 705 g/mol. The van der Waals surface area contributed by atoms with Crippen molar-refractivity contribution in [2.45, 2.75) is 59.0 Å². The van der Waals surface area contributed by atoms with Gasteiger partial charge in [0.25, 0.3) is 0 Å². The van der Waals surface area contributed by atoms with Gasteiger partial charge in [0.05, 0.1) is 30.2 Å². The van der Waals surface area contributed by atoms with Crippen LogP contribution in [0.3, 0.4) is 0 Å². The van der Waals surface area contributed by atoms with E-state index < -0.39 is 35.7 Å². The van der Waals surface area contributed by atoms with Crippen LogP contribution in [0, 0.1) is 11.7 Å². The van der Waals surface area contributed by atoms with Crippen LogP contribution in [0.4, 0.5) is 10.1 Å². The zero-order chi connectivity index (χ0) is 34.2. The number of hydrogen-bond acceptors (Lipinski definition) is 7. The third-order valence-electron chi connectivity index (χ3n) is 6.73. The molecule has 2 amide bonds. The molecule has 0 bridgehead atoms. The summed E-state index contributed by atoms with van der Waals surface area (Å²) < 4.78 is 20.3. The van der Waals surface area contributed by atoms with Crippen LogP contribution in [-0.2, 0) is 39.0 Å². The van der Waals surface area contributed by atoms with Crippen molar-refractivity contribution >= 4 is 82.5 Å². The van der Waals surface area contributed by atoms with Crippen molar-refractivity contribution in [2.24, 2.45) is 18.7 Å². The first-order valence-electron chi connectivity index (χ1n) is 15.5. The maximum atomic E-state index is 13.2. The highest BCUT2D eigenvalue weighted by molar-refractivity contribution is 6.18. The van der Waals surface area contributed by atoms with Gasteiger partial charge in [-0.2, -0.15) is 0 Å². The summed E-state index contributed by atoms with van der Waals surface area (Å²) in [5.74, 6) is 0.431. The van der Waals surface area contributed by atoms with E-state index in [1.54, 1.807) is 6.92 Å². The van der Waals surface area contributed by atoms with Gasteiger partial charge in [0.2, 0.25) is 11.8 Å². The molecule has 0 fully saturated rings. The topological polar surface area (TPSA) is 132 Å². The fraction of sp³-hybridized carbons (Fsp3) is 0.515. The summed E-state index contributed by atoms with van der Waals surface area (Å²) in [6.07, 6.45) is 0.852. The molecule has 2 aromatic carbocycles. The number of nitrogens with one attached hydrogen (secondary N) is 2. The van der Waals surface area contributed by atoms with Crippen LogP contribution in [0.2, 0.25) is 0 Å². The molecule has 3 rings (SSSR count). The van der Waals surface area contributed by atoms with Gasteiger partial charge in [0.1, 0.15) is 17.7 Å². The number of carbonyl (C=O) groups is 3. The minimum Gasteiger partial charge on any atom is -0.464 e. The van der Waals surface area contributed by atoms with Crippen molar-refractivity contribution < 1.29 is 23.5 Å². The average molecular weight is 755 g/mol. The molecule has 4 N–H and O–H groups in total. The number of benzene rings is 2. The van der Waals surface area contributed by atoms with E-state index in [0.29, 0.717) is 43.3 Å². The van der Waals surface area contributed by atoms with E-state index >= 15 is 0 Å². The monoisotopic (exact) mass is 752 g/mol. The lowest BCUT2D eigenvalue weighted by Gasteiger charge is -2.22. The van der Waals surface area contributed by atoms with Crippen LogP contribution in [0.15, 0.2) is 42.5 Å². The molecule has 0 spiro atoms. The minimum atomic E-state index is -0.997.